The Kier molecular flexibility index (Phi) is 7.01. The molecule has 1 atom stereocenters. The largest absolute Gasteiger partial charge is 0.497 e. The molecule has 0 unspecified atom stereocenters. The van der Waals surface area contributed by atoms with Crippen LogP contribution in [0.2, 0.25) is 0 Å². The van der Waals surface area contributed by atoms with Crippen LogP contribution in [-0.4, -0.2) is 57.2 Å². The smallest absolute Gasteiger partial charge is 0.337 e. The number of sulfonamides is 1. The molecule has 180 valence electrons. The van der Waals surface area contributed by atoms with Crippen LogP contribution in [0.25, 0.3) is 10.9 Å². The van der Waals surface area contributed by atoms with E-state index in [0.717, 1.165) is 18.2 Å². The molecule has 4 rings (SSSR count). The molecular weight excluding hydrogens is 460 g/mol. The van der Waals surface area contributed by atoms with Gasteiger partial charge < -0.3 is 19.2 Å². The Hall–Kier alpha value is -3.21. The average molecular weight is 487 g/mol. The van der Waals surface area contributed by atoms with Crippen molar-refractivity contribution in [3.63, 3.8) is 0 Å². The molecular formula is C24H26N2O7S. The summed E-state index contributed by atoms with van der Waals surface area (Å²) in [6.07, 6.45) is 1.32. The number of methoxy groups -OCH3 is 2. The first-order valence-corrected chi connectivity index (χ1v) is 12.3. The Morgan fingerprint density at radius 2 is 1.91 bits per heavy atom. The minimum Gasteiger partial charge on any atom is -0.497 e. The Labute approximate surface area is 197 Å². The molecule has 34 heavy (non-hydrogen) atoms. The number of esters is 1. The fourth-order valence-corrected chi connectivity index (χ4v) is 5.41. The van der Waals surface area contributed by atoms with Gasteiger partial charge in [0, 0.05) is 36.2 Å². The first-order chi connectivity index (χ1) is 16.3. The third-order valence-corrected chi connectivity index (χ3v) is 7.65. The Morgan fingerprint density at radius 1 is 1.15 bits per heavy atom. The summed E-state index contributed by atoms with van der Waals surface area (Å²) in [6, 6.07) is 12.5. The molecule has 0 radical (unpaired) electrons. The molecule has 2 aromatic carbocycles. The third-order valence-electron chi connectivity index (χ3n) is 5.82. The number of benzene rings is 2. The number of carbonyl (C=O) groups is 1. The fourth-order valence-electron chi connectivity index (χ4n) is 3.96. The predicted octanol–water partition coefficient (Wildman–Crippen LogP) is 2.69. The number of H-pyrrole nitrogens is 1. The molecule has 1 aromatic heterocycles. The molecule has 1 aliphatic heterocycles. The van der Waals surface area contributed by atoms with Gasteiger partial charge in [-0.25, -0.2) is 13.2 Å². The van der Waals surface area contributed by atoms with E-state index in [-0.39, 0.29) is 35.2 Å². The lowest BCUT2D eigenvalue weighted by Gasteiger charge is -2.25. The molecule has 0 amide bonds. The predicted molar refractivity (Wildman–Crippen MR) is 125 cm³/mol. The second-order valence-electron chi connectivity index (χ2n) is 8.03. The first-order valence-electron chi connectivity index (χ1n) is 10.8. The van der Waals surface area contributed by atoms with Gasteiger partial charge in [-0.1, -0.05) is 0 Å². The van der Waals surface area contributed by atoms with Gasteiger partial charge in [-0.05, 0) is 61.4 Å². The van der Waals surface area contributed by atoms with Gasteiger partial charge >= 0.3 is 5.97 Å². The zero-order valence-electron chi connectivity index (χ0n) is 18.9. The summed E-state index contributed by atoms with van der Waals surface area (Å²) >= 11 is 0. The Balaban J connectivity index is 1.70. The zero-order valence-corrected chi connectivity index (χ0v) is 19.8. The van der Waals surface area contributed by atoms with Crippen LogP contribution in [0.5, 0.6) is 5.75 Å². The van der Waals surface area contributed by atoms with Gasteiger partial charge in [0.25, 0.3) is 5.56 Å². The molecule has 0 spiro atoms. The Morgan fingerprint density at radius 3 is 2.56 bits per heavy atom. The van der Waals surface area contributed by atoms with E-state index in [1.165, 1.54) is 35.7 Å². The highest BCUT2D eigenvalue weighted by molar-refractivity contribution is 7.89. The summed E-state index contributed by atoms with van der Waals surface area (Å²) in [5.74, 6) is 0.0679. The van der Waals surface area contributed by atoms with Crippen molar-refractivity contribution >= 4 is 26.9 Å². The van der Waals surface area contributed by atoms with Crippen molar-refractivity contribution < 1.29 is 27.4 Å². The number of aromatic nitrogens is 1. The lowest BCUT2D eigenvalue weighted by atomic mass is 10.1. The highest BCUT2D eigenvalue weighted by Gasteiger charge is 2.30. The van der Waals surface area contributed by atoms with Crippen molar-refractivity contribution in [2.45, 2.75) is 30.4 Å². The summed E-state index contributed by atoms with van der Waals surface area (Å²) in [5.41, 5.74) is 0.799. The van der Waals surface area contributed by atoms with Crippen molar-refractivity contribution in [3.05, 3.63) is 70.0 Å². The van der Waals surface area contributed by atoms with Crippen molar-refractivity contribution in [2.24, 2.45) is 0 Å². The molecule has 0 bridgehead atoms. The lowest BCUT2D eigenvalue weighted by molar-refractivity contribution is 0.0600. The molecule has 1 fully saturated rings. The van der Waals surface area contributed by atoms with E-state index in [4.69, 9.17) is 9.47 Å². The van der Waals surface area contributed by atoms with E-state index in [1.54, 1.807) is 31.4 Å². The number of nitrogens with one attached hydrogen (secondary N) is 1. The zero-order chi connectivity index (χ0) is 24.3. The van der Waals surface area contributed by atoms with Gasteiger partial charge in [0.15, 0.2) is 0 Å². The number of ether oxygens (including phenoxy) is 3. The van der Waals surface area contributed by atoms with E-state index >= 15 is 0 Å². The highest BCUT2D eigenvalue weighted by Crippen LogP contribution is 2.24. The van der Waals surface area contributed by atoms with Crippen LogP contribution in [0.1, 0.15) is 28.8 Å². The second-order valence-corrected chi connectivity index (χ2v) is 9.96. The molecule has 9 nitrogen and oxygen atoms in total. The van der Waals surface area contributed by atoms with E-state index in [1.807, 2.05) is 0 Å². The van der Waals surface area contributed by atoms with Gasteiger partial charge in [0.1, 0.15) is 5.75 Å². The quantitative estimate of drug-likeness (QED) is 0.487. The van der Waals surface area contributed by atoms with Gasteiger partial charge in [0.2, 0.25) is 10.0 Å². The number of aromatic amines is 1. The van der Waals surface area contributed by atoms with Crippen LogP contribution < -0.4 is 10.3 Å². The van der Waals surface area contributed by atoms with E-state index in [2.05, 4.69) is 9.72 Å². The molecule has 10 heteroatoms. The SMILES string of the molecule is COC(=O)c1ccc(S(=O)(=O)N(Cc2cc3cc(OC)ccc3[nH]c2=O)C[C@@H]2CCCO2)cc1. The maximum atomic E-state index is 13.6. The summed E-state index contributed by atoms with van der Waals surface area (Å²) in [4.78, 5) is 27.3. The molecule has 2 heterocycles. The molecule has 0 saturated carbocycles. The lowest BCUT2D eigenvalue weighted by Crippen LogP contribution is -2.38. The highest BCUT2D eigenvalue weighted by atomic mass is 32.2. The topological polar surface area (TPSA) is 115 Å². The average Bonchev–Trinajstić information content (AvgIpc) is 3.36. The summed E-state index contributed by atoms with van der Waals surface area (Å²) in [7, 11) is -1.19. The Bertz CT molecular complexity index is 1340. The number of rotatable bonds is 8. The normalized spacial score (nSPS) is 16.1. The molecule has 1 N–H and O–H groups in total. The standard InChI is InChI=1S/C24H26N2O7S/c1-31-19-7-10-22-17(13-19)12-18(23(27)25-22)14-26(15-20-4-3-11-33-20)34(29,30)21-8-5-16(6-9-21)24(28)32-2/h5-10,12-13,20H,3-4,11,14-15H2,1-2H3,(H,25,27)/t20-/m0/s1. The minimum atomic E-state index is -4.00. The van der Waals surface area contributed by atoms with E-state index < -0.39 is 16.0 Å². The number of nitrogens with zero attached hydrogens (tertiary/aromatic N) is 1. The van der Waals surface area contributed by atoms with Crippen molar-refractivity contribution in [1.29, 1.82) is 0 Å². The second kappa shape index (κ2) is 9.96. The van der Waals surface area contributed by atoms with Crippen LogP contribution in [0, 0.1) is 0 Å². The molecule has 3 aromatic rings. The van der Waals surface area contributed by atoms with Crippen LogP contribution >= 0.6 is 0 Å². The maximum absolute atomic E-state index is 13.6. The molecule has 0 aliphatic carbocycles. The fraction of sp³-hybridized carbons (Fsp3) is 0.333. The maximum Gasteiger partial charge on any atom is 0.337 e. The van der Waals surface area contributed by atoms with Gasteiger partial charge in [-0.3, -0.25) is 4.79 Å². The number of fused-ring (bicyclic) bond motifs is 1. The first kappa shape index (κ1) is 23.9. The minimum absolute atomic E-state index is 0.0111. The van der Waals surface area contributed by atoms with E-state index in [9.17, 15) is 18.0 Å². The van der Waals surface area contributed by atoms with Crippen molar-refractivity contribution in [3.8, 4) is 5.75 Å². The van der Waals surface area contributed by atoms with Crippen LogP contribution in [0.4, 0.5) is 0 Å². The summed E-state index contributed by atoms with van der Waals surface area (Å²) < 4.78 is 44.0. The van der Waals surface area contributed by atoms with Gasteiger partial charge in [0.05, 0.1) is 30.8 Å². The number of pyridine rings is 1. The van der Waals surface area contributed by atoms with Crippen LogP contribution in [-0.2, 0) is 26.0 Å². The van der Waals surface area contributed by atoms with Crippen molar-refractivity contribution in [2.75, 3.05) is 27.4 Å². The third kappa shape index (κ3) is 4.98. The number of hydrogen-bond acceptors (Lipinski definition) is 7. The summed E-state index contributed by atoms with van der Waals surface area (Å²) in [6.45, 7) is 0.544. The molecule has 1 saturated heterocycles. The van der Waals surface area contributed by atoms with Gasteiger partial charge in [-0.15, -0.1) is 0 Å². The number of carbonyl (C=O) groups excluding carboxylic acids is 1. The van der Waals surface area contributed by atoms with Gasteiger partial charge in [-0.2, -0.15) is 4.31 Å². The van der Waals surface area contributed by atoms with Crippen molar-refractivity contribution in [1.82, 2.24) is 9.29 Å². The summed E-state index contributed by atoms with van der Waals surface area (Å²) in [5, 5.41) is 0.728. The molecule has 1 aliphatic rings. The number of hydrogen-bond donors (Lipinski definition) is 1. The van der Waals surface area contributed by atoms with Crippen LogP contribution in [0.15, 0.2) is 58.2 Å². The van der Waals surface area contributed by atoms with E-state index in [0.29, 0.717) is 23.4 Å². The van der Waals surface area contributed by atoms with Crippen LogP contribution in [0.3, 0.4) is 0 Å². The monoisotopic (exact) mass is 486 g/mol.